The first-order chi connectivity index (χ1) is 20.8. The third-order valence-electron chi connectivity index (χ3n) is 10.8. The number of carbonyl (C=O) groups is 3. The van der Waals surface area contributed by atoms with Gasteiger partial charge in [0.15, 0.2) is 0 Å². The Morgan fingerprint density at radius 1 is 0.543 bits per heavy atom. The fourth-order valence-electron chi connectivity index (χ4n) is 10.1. The van der Waals surface area contributed by atoms with Gasteiger partial charge in [0.05, 0.1) is 17.8 Å². The topological polar surface area (TPSA) is 114 Å². The number of piperidine rings is 2. The second kappa shape index (κ2) is 12.6. The number of ether oxygens (including phenoxy) is 3. The van der Waals surface area contributed by atoms with E-state index in [1.54, 1.807) is 0 Å². The standard InChI is InChI=1S/C37H64N2O7/c1-32(2)16-26(17-33(3,4)22-32)44-29(40)23-13-24(30(41)45-27-18-34(5,6)38-35(7,8)19-27)15-25(14-23)31(42)46-28-20-36(9,10)39(43)37(11,12)21-28/h23-28,38,43H,13-22H2,1-12H3. The molecule has 2 aliphatic heterocycles. The van der Waals surface area contributed by atoms with Crippen LogP contribution in [0.4, 0.5) is 0 Å². The number of esters is 3. The molecule has 4 aliphatic rings. The van der Waals surface area contributed by atoms with Gasteiger partial charge in [0, 0.05) is 47.8 Å². The zero-order valence-electron chi connectivity index (χ0n) is 30.9. The first kappa shape index (κ1) is 37.1. The fraction of sp³-hybridized carbons (Fsp3) is 0.919. The summed E-state index contributed by atoms with van der Waals surface area (Å²) in [5.74, 6) is -2.87. The minimum absolute atomic E-state index is 0.0556. The number of nitrogens with one attached hydrogen (secondary N) is 1. The van der Waals surface area contributed by atoms with Gasteiger partial charge in [-0.3, -0.25) is 14.4 Å². The Morgan fingerprint density at radius 3 is 1.20 bits per heavy atom. The first-order valence-corrected chi connectivity index (χ1v) is 17.7. The van der Waals surface area contributed by atoms with E-state index in [1.165, 1.54) is 5.06 Å². The predicted molar refractivity (Wildman–Crippen MR) is 177 cm³/mol. The molecule has 0 aromatic heterocycles. The molecule has 3 unspecified atom stereocenters. The SMILES string of the molecule is CC1(C)CC(OC(=O)C2CC(C(=O)OC3CC(C)(C)NC(C)(C)C3)CC(C(=O)OC3CC(C)(C)N(O)C(C)(C)C3)C2)CC(C)(C)C1. The van der Waals surface area contributed by atoms with E-state index in [-0.39, 0.29) is 64.5 Å². The largest absolute Gasteiger partial charge is 0.462 e. The van der Waals surface area contributed by atoms with Gasteiger partial charge in [0.25, 0.3) is 0 Å². The minimum atomic E-state index is -0.623. The number of hydrogen-bond donors (Lipinski definition) is 2. The highest BCUT2D eigenvalue weighted by Gasteiger charge is 2.49. The molecule has 2 saturated carbocycles. The van der Waals surface area contributed by atoms with E-state index < -0.39 is 28.8 Å². The van der Waals surface area contributed by atoms with Crippen LogP contribution in [0.2, 0.25) is 0 Å². The highest BCUT2D eigenvalue weighted by atomic mass is 16.6. The van der Waals surface area contributed by atoms with Crippen LogP contribution in [-0.2, 0) is 28.6 Å². The van der Waals surface area contributed by atoms with Gasteiger partial charge in [-0.05, 0) is 105 Å². The molecular weight excluding hydrogens is 584 g/mol. The summed E-state index contributed by atoms with van der Waals surface area (Å²) in [4.78, 5) is 41.4. The van der Waals surface area contributed by atoms with Gasteiger partial charge >= 0.3 is 17.9 Å². The number of carbonyl (C=O) groups excluding carboxylic acids is 3. The average Bonchev–Trinajstić information content (AvgIpc) is 2.82. The maximum Gasteiger partial charge on any atom is 0.309 e. The highest BCUT2D eigenvalue weighted by Crippen LogP contribution is 2.47. The third kappa shape index (κ3) is 9.25. The van der Waals surface area contributed by atoms with Crippen molar-refractivity contribution in [3.05, 3.63) is 0 Å². The molecule has 9 nitrogen and oxygen atoms in total. The molecule has 9 heteroatoms. The molecule has 0 amide bonds. The zero-order chi connectivity index (χ0) is 34.7. The normalized spacial score (nSPS) is 32.7. The first-order valence-electron chi connectivity index (χ1n) is 17.7. The molecule has 0 aromatic rings. The Bertz CT molecular complexity index is 1050. The van der Waals surface area contributed by atoms with Crippen molar-refractivity contribution in [3.63, 3.8) is 0 Å². The van der Waals surface area contributed by atoms with Gasteiger partial charge in [-0.25, -0.2) is 0 Å². The lowest BCUT2D eigenvalue weighted by Gasteiger charge is -2.51. The van der Waals surface area contributed by atoms with Crippen molar-refractivity contribution in [2.75, 3.05) is 0 Å². The van der Waals surface area contributed by atoms with Crippen molar-refractivity contribution in [2.24, 2.45) is 28.6 Å². The quantitative estimate of drug-likeness (QED) is 0.233. The lowest BCUT2D eigenvalue weighted by molar-refractivity contribution is -0.260. The summed E-state index contributed by atoms with van der Waals surface area (Å²) < 4.78 is 18.5. The fourth-order valence-corrected chi connectivity index (χ4v) is 10.1. The Labute approximate surface area is 278 Å². The number of hydroxylamine groups is 2. The Kier molecular flexibility index (Phi) is 10.2. The van der Waals surface area contributed by atoms with Crippen molar-refractivity contribution in [1.82, 2.24) is 10.4 Å². The van der Waals surface area contributed by atoms with Gasteiger partial charge < -0.3 is 24.7 Å². The van der Waals surface area contributed by atoms with Gasteiger partial charge in [-0.2, -0.15) is 5.06 Å². The second-order valence-corrected chi connectivity index (χ2v) is 19.5. The molecule has 2 aliphatic carbocycles. The lowest BCUT2D eigenvalue weighted by atomic mass is 9.64. The van der Waals surface area contributed by atoms with Gasteiger partial charge in [-0.1, -0.05) is 27.7 Å². The molecule has 2 saturated heterocycles. The smallest absolute Gasteiger partial charge is 0.309 e. The van der Waals surface area contributed by atoms with Crippen LogP contribution in [0.1, 0.15) is 147 Å². The third-order valence-corrected chi connectivity index (χ3v) is 10.8. The molecular formula is C37H64N2O7. The molecule has 4 rings (SSSR count). The van der Waals surface area contributed by atoms with E-state index >= 15 is 0 Å². The van der Waals surface area contributed by atoms with E-state index in [0.717, 1.165) is 19.3 Å². The van der Waals surface area contributed by atoms with Crippen molar-refractivity contribution in [1.29, 1.82) is 0 Å². The van der Waals surface area contributed by atoms with Crippen LogP contribution in [0.25, 0.3) is 0 Å². The van der Waals surface area contributed by atoms with Crippen LogP contribution in [0.3, 0.4) is 0 Å². The molecule has 46 heavy (non-hydrogen) atoms. The van der Waals surface area contributed by atoms with Gasteiger partial charge in [-0.15, -0.1) is 0 Å². The van der Waals surface area contributed by atoms with Crippen molar-refractivity contribution in [2.45, 2.75) is 188 Å². The van der Waals surface area contributed by atoms with Crippen LogP contribution < -0.4 is 5.32 Å². The molecule has 4 fully saturated rings. The van der Waals surface area contributed by atoms with Crippen LogP contribution in [0, 0.1) is 28.6 Å². The van der Waals surface area contributed by atoms with E-state index in [2.05, 4.69) is 60.7 Å². The Balaban J connectivity index is 1.51. The summed E-state index contributed by atoms with van der Waals surface area (Å²) in [7, 11) is 0. The number of rotatable bonds is 6. The van der Waals surface area contributed by atoms with Crippen molar-refractivity contribution >= 4 is 17.9 Å². The van der Waals surface area contributed by atoms with E-state index in [1.807, 2.05) is 27.7 Å². The van der Waals surface area contributed by atoms with Gasteiger partial charge in [0.1, 0.15) is 18.3 Å². The number of hydrogen-bond acceptors (Lipinski definition) is 9. The van der Waals surface area contributed by atoms with Gasteiger partial charge in [0.2, 0.25) is 0 Å². The van der Waals surface area contributed by atoms with E-state index in [4.69, 9.17) is 14.2 Å². The van der Waals surface area contributed by atoms with E-state index in [0.29, 0.717) is 38.5 Å². The molecule has 0 radical (unpaired) electrons. The predicted octanol–water partition coefficient (Wildman–Crippen LogP) is 6.97. The molecule has 0 spiro atoms. The second-order valence-electron chi connectivity index (χ2n) is 19.5. The maximum atomic E-state index is 13.8. The summed E-state index contributed by atoms with van der Waals surface area (Å²) >= 11 is 0. The molecule has 2 N–H and O–H groups in total. The maximum absolute atomic E-state index is 13.8. The van der Waals surface area contributed by atoms with Crippen LogP contribution in [0.5, 0.6) is 0 Å². The molecule has 2 heterocycles. The summed E-state index contributed by atoms with van der Waals surface area (Å²) in [6.45, 7) is 25.1. The molecule has 0 bridgehead atoms. The van der Waals surface area contributed by atoms with Crippen molar-refractivity contribution < 1.29 is 33.8 Å². The Hall–Kier alpha value is -1.71. The lowest BCUT2D eigenvalue weighted by Crippen LogP contribution is -2.60. The van der Waals surface area contributed by atoms with Crippen LogP contribution >= 0.6 is 0 Å². The minimum Gasteiger partial charge on any atom is -0.462 e. The summed E-state index contributed by atoms with van der Waals surface area (Å²) in [6, 6.07) is 0. The Morgan fingerprint density at radius 2 is 0.848 bits per heavy atom. The summed E-state index contributed by atoms with van der Waals surface area (Å²) in [5.41, 5.74) is -1.41. The summed E-state index contributed by atoms with van der Waals surface area (Å²) in [5, 5.41) is 15.7. The zero-order valence-corrected chi connectivity index (χ0v) is 30.9. The summed E-state index contributed by atoms with van der Waals surface area (Å²) in [6.07, 6.45) is 5.04. The van der Waals surface area contributed by atoms with E-state index in [9.17, 15) is 19.6 Å². The monoisotopic (exact) mass is 648 g/mol. The average molecular weight is 649 g/mol. The number of nitrogens with zero attached hydrogens (tertiary/aromatic N) is 1. The molecule has 3 atom stereocenters. The highest BCUT2D eigenvalue weighted by molar-refractivity contribution is 5.80. The van der Waals surface area contributed by atoms with Crippen LogP contribution in [0.15, 0.2) is 0 Å². The molecule has 0 aromatic carbocycles. The van der Waals surface area contributed by atoms with Crippen LogP contribution in [-0.4, -0.2) is 68.6 Å². The molecule has 264 valence electrons. The van der Waals surface area contributed by atoms with Crippen molar-refractivity contribution in [3.8, 4) is 0 Å².